The molecule has 0 rings (SSSR count). The minimum Gasteiger partial charge on any atom is -0.462 e. The molecule has 0 aromatic rings. The van der Waals surface area contributed by atoms with Crippen LogP contribution in [0.1, 0.15) is 265 Å². The van der Waals surface area contributed by atoms with Gasteiger partial charge in [0, 0.05) is 19.3 Å². The highest BCUT2D eigenvalue weighted by Crippen LogP contribution is 2.15. The van der Waals surface area contributed by atoms with Crippen LogP contribution in [-0.4, -0.2) is 37.2 Å². The molecule has 0 heterocycles. The summed E-state index contributed by atoms with van der Waals surface area (Å²) in [6.07, 6.45) is 79.3. The lowest BCUT2D eigenvalue weighted by Crippen LogP contribution is -2.30. The molecular formula is C65H108O6. The molecule has 404 valence electrons. The maximum Gasteiger partial charge on any atom is 0.306 e. The smallest absolute Gasteiger partial charge is 0.306 e. The minimum atomic E-state index is -0.800. The lowest BCUT2D eigenvalue weighted by molar-refractivity contribution is -0.167. The maximum atomic E-state index is 12.9. The van der Waals surface area contributed by atoms with Crippen molar-refractivity contribution >= 4 is 17.9 Å². The summed E-state index contributed by atoms with van der Waals surface area (Å²) in [5.41, 5.74) is 0. The fourth-order valence-corrected chi connectivity index (χ4v) is 7.95. The van der Waals surface area contributed by atoms with Crippen LogP contribution in [0, 0.1) is 0 Å². The third-order valence-corrected chi connectivity index (χ3v) is 12.3. The molecule has 1 unspecified atom stereocenters. The van der Waals surface area contributed by atoms with Gasteiger partial charge in [0.2, 0.25) is 0 Å². The minimum absolute atomic E-state index is 0.0953. The third-order valence-electron chi connectivity index (χ3n) is 12.3. The molecule has 0 saturated carbocycles. The molecule has 0 aliphatic heterocycles. The Morgan fingerprint density at radius 2 is 0.634 bits per heavy atom. The summed E-state index contributed by atoms with van der Waals surface area (Å²) in [5, 5.41) is 0. The van der Waals surface area contributed by atoms with Crippen molar-refractivity contribution in [2.75, 3.05) is 13.2 Å². The lowest BCUT2D eigenvalue weighted by Gasteiger charge is -2.18. The van der Waals surface area contributed by atoms with Gasteiger partial charge >= 0.3 is 17.9 Å². The van der Waals surface area contributed by atoms with E-state index in [0.717, 1.165) is 109 Å². The van der Waals surface area contributed by atoms with Crippen LogP contribution in [0.5, 0.6) is 0 Å². The molecule has 0 fully saturated rings. The molecular weight excluding hydrogens is 877 g/mol. The first-order chi connectivity index (χ1) is 35.0. The second kappa shape index (κ2) is 58.6. The Morgan fingerprint density at radius 3 is 1.06 bits per heavy atom. The van der Waals surface area contributed by atoms with Gasteiger partial charge in [0.15, 0.2) is 6.10 Å². The van der Waals surface area contributed by atoms with Gasteiger partial charge < -0.3 is 14.2 Å². The van der Waals surface area contributed by atoms with E-state index in [-0.39, 0.29) is 31.1 Å². The molecule has 6 nitrogen and oxygen atoms in total. The summed E-state index contributed by atoms with van der Waals surface area (Å²) in [6, 6.07) is 0. The lowest BCUT2D eigenvalue weighted by atomic mass is 10.1. The Kier molecular flexibility index (Phi) is 55.4. The summed E-state index contributed by atoms with van der Waals surface area (Å²) < 4.78 is 16.9. The third kappa shape index (κ3) is 56.9. The van der Waals surface area contributed by atoms with Crippen molar-refractivity contribution in [3.05, 3.63) is 109 Å². The van der Waals surface area contributed by atoms with Crippen LogP contribution in [0.25, 0.3) is 0 Å². The molecule has 71 heavy (non-hydrogen) atoms. The highest BCUT2D eigenvalue weighted by Gasteiger charge is 2.19. The van der Waals surface area contributed by atoms with E-state index in [1.165, 1.54) is 116 Å². The van der Waals surface area contributed by atoms with Crippen molar-refractivity contribution in [3.8, 4) is 0 Å². The quantitative estimate of drug-likeness (QED) is 0.0199. The van der Waals surface area contributed by atoms with Gasteiger partial charge in [0.1, 0.15) is 13.2 Å². The number of unbranched alkanes of at least 4 members (excludes halogenated alkanes) is 27. The largest absolute Gasteiger partial charge is 0.462 e. The van der Waals surface area contributed by atoms with Gasteiger partial charge in [-0.1, -0.05) is 259 Å². The van der Waals surface area contributed by atoms with Gasteiger partial charge in [0.05, 0.1) is 0 Å². The Balaban J connectivity index is 4.47. The van der Waals surface area contributed by atoms with Crippen LogP contribution >= 0.6 is 0 Å². The Bertz CT molecular complexity index is 1460. The summed E-state index contributed by atoms with van der Waals surface area (Å²) >= 11 is 0. The van der Waals surface area contributed by atoms with Crippen molar-refractivity contribution in [2.45, 2.75) is 271 Å². The summed E-state index contributed by atoms with van der Waals surface area (Å²) in [6.45, 7) is 6.42. The first-order valence-corrected chi connectivity index (χ1v) is 29.5. The Hall–Kier alpha value is -3.93. The number of ether oxygens (including phenoxy) is 3. The number of hydrogen-bond acceptors (Lipinski definition) is 6. The van der Waals surface area contributed by atoms with E-state index in [1.54, 1.807) is 0 Å². The Labute approximate surface area is 438 Å². The molecule has 0 aliphatic rings. The number of esters is 3. The van der Waals surface area contributed by atoms with Gasteiger partial charge in [-0.2, -0.15) is 0 Å². The van der Waals surface area contributed by atoms with E-state index in [2.05, 4.69) is 106 Å². The highest BCUT2D eigenvalue weighted by molar-refractivity contribution is 5.71. The van der Waals surface area contributed by atoms with E-state index in [1.807, 2.05) is 24.3 Å². The van der Waals surface area contributed by atoms with Crippen molar-refractivity contribution in [3.63, 3.8) is 0 Å². The zero-order chi connectivity index (χ0) is 51.4. The number of hydrogen-bond donors (Lipinski definition) is 0. The van der Waals surface area contributed by atoms with Crippen LogP contribution in [-0.2, 0) is 28.6 Å². The van der Waals surface area contributed by atoms with E-state index < -0.39 is 6.10 Å². The van der Waals surface area contributed by atoms with Crippen molar-refractivity contribution < 1.29 is 28.6 Å². The number of carbonyl (C=O) groups is 3. The molecule has 0 radical (unpaired) electrons. The van der Waals surface area contributed by atoms with E-state index in [4.69, 9.17) is 14.2 Å². The average Bonchev–Trinajstić information content (AvgIpc) is 3.37. The Morgan fingerprint density at radius 1 is 0.310 bits per heavy atom. The van der Waals surface area contributed by atoms with Gasteiger partial charge in [-0.3, -0.25) is 14.4 Å². The normalized spacial score (nSPS) is 12.9. The number of carbonyl (C=O) groups excluding carboxylic acids is 3. The predicted octanol–water partition coefficient (Wildman–Crippen LogP) is 19.9. The molecule has 6 heteroatoms. The summed E-state index contributed by atoms with van der Waals surface area (Å²) in [7, 11) is 0. The van der Waals surface area contributed by atoms with Crippen LogP contribution in [0.15, 0.2) is 109 Å². The molecule has 0 spiro atoms. The molecule has 0 saturated heterocycles. The van der Waals surface area contributed by atoms with Crippen molar-refractivity contribution in [1.82, 2.24) is 0 Å². The van der Waals surface area contributed by atoms with E-state index >= 15 is 0 Å². The second-order valence-electron chi connectivity index (χ2n) is 19.3. The first kappa shape index (κ1) is 67.1. The van der Waals surface area contributed by atoms with Crippen molar-refractivity contribution in [2.24, 2.45) is 0 Å². The second-order valence-corrected chi connectivity index (χ2v) is 19.3. The topological polar surface area (TPSA) is 78.9 Å². The zero-order valence-electron chi connectivity index (χ0n) is 46.2. The highest BCUT2D eigenvalue weighted by atomic mass is 16.6. The first-order valence-electron chi connectivity index (χ1n) is 29.5. The van der Waals surface area contributed by atoms with Crippen LogP contribution < -0.4 is 0 Å². The number of allylic oxidation sites excluding steroid dienone is 18. The van der Waals surface area contributed by atoms with E-state index in [0.29, 0.717) is 19.3 Å². The van der Waals surface area contributed by atoms with Gasteiger partial charge in [0.25, 0.3) is 0 Å². The molecule has 0 aromatic heterocycles. The molecule has 1 atom stereocenters. The summed E-state index contributed by atoms with van der Waals surface area (Å²) in [4.78, 5) is 38.2. The maximum absolute atomic E-state index is 12.9. The van der Waals surface area contributed by atoms with Gasteiger partial charge in [-0.15, -0.1) is 0 Å². The molecule has 0 aromatic carbocycles. The van der Waals surface area contributed by atoms with Crippen molar-refractivity contribution in [1.29, 1.82) is 0 Å². The fraction of sp³-hybridized carbons (Fsp3) is 0.677. The molecule has 0 N–H and O–H groups in total. The summed E-state index contributed by atoms with van der Waals surface area (Å²) in [5.74, 6) is -0.931. The van der Waals surface area contributed by atoms with E-state index in [9.17, 15) is 14.4 Å². The van der Waals surface area contributed by atoms with Crippen LogP contribution in [0.2, 0.25) is 0 Å². The molecule has 0 bridgehead atoms. The predicted molar refractivity (Wildman–Crippen MR) is 307 cm³/mol. The SMILES string of the molecule is CC/C=C\C/C=C\C/C=C\CCCCCCCCCCCC(=O)OCC(COC(=O)CCCCCCC/C=C\CCCCCCCCC)OC(=O)CCCCCCC\C=C/C=C\C=C/C=C\C=C/CCC. The van der Waals surface area contributed by atoms with Gasteiger partial charge in [-0.25, -0.2) is 0 Å². The zero-order valence-corrected chi connectivity index (χ0v) is 46.2. The van der Waals surface area contributed by atoms with Gasteiger partial charge in [-0.05, 0) is 96.3 Å². The standard InChI is InChI=1S/C65H108O6/c1-4-7-10-13-16-19-22-25-28-31-33-35-37-40-43-46-49-52-55-58-64(67)70-61-62(60-69-63(66)57-54-51-48-45-42-39-36-30-27-24-21-18-15-12-9-6-3)71-65(68)59-56-53-50-47-44-41-38-34-32-29-26-23-20-17-14-11-8-5-2/h7,10-11,14,16-17,19-20,23,25-26,28-30,32,34,36,38,62H,4-6,8-9,12-13,15,18,21-22,24,27,31,33,35,37,39-61H2,1-3H3/b10-7-,14-11-,19-16-,20-17-,26-23-,28-25-,32-29-,36-30-,38-34-. The monoisotopic (exact) mass is 985 g/mol. The average molecular weight is 986 g/mol. The van der Waals surface area contributed by atoms with Crippen LogP contribution in [0.4, 0.5) is 0 Å². The number of rotatable bonds is 52. The molecule has 0 amide bonds. The van der Waals surface area contributed by atoms with Crippen LogP contribution in [0.3, 0.4) is 0 Å². The fourth-order valence-electron chi connectivity index (χ4n) is 7.95. The molecule has 0 aliphatic carbocycles.